The second-order valence-corrected chi connectivity index (χ2v) is 1.79. The summed E-state index contributed by atoms with van der Waals surface area (Å²) in [7, 11) is 0. The van der Waals surface area contributed by atoms with Crippen molar-refractivity contribution in [2.24, 2.45) is 0 Å². The summed E-state index contributed by atoms with van der Waals surface area (Å²) >= 11 is 0.613. The molecule has 0 bridgehead atoms. The summed E-state index contributed by atoms with van der Waals surface area (Å²) in [5, 5.41) is 0. The summed E-state index contributed by atoms with van der Waals surface area (Å²) in [5.74, 6) is 0. The van der Waals surface area contributed by atoms with Gasteiger partial charge in [0.1, 0.15) is 0 Å². The third-order valence-electron chi connectivity index (χ3n) is 0.289. The van der Waals surface area contributed by atoms with Gasteiger partial charge in [0, 0.05) is 0 Å². The average molecular weight is 121 g/mol. The molecule has 0 aliphatic rings. The van der Waals surface area contributed by atoms with Crippen LogP contribution < -0.4 is 0 Å². The molecule has 2 heteroatoms. The predicted octanol–water partition coefficient (Wildman–Crippen LogP) is -0.697. The Morgan fingerprint density at radius 2 is 2.25 bits per heavy atom. The molecule has 1 nitrogen and oxygen atoms in total. The van der Waals surface area contributed by atoms with Gasteiger partial charge >= 0.3 is 34.1 Å². The van der Waals surface area contributed by atoms with Crippen molar-refractivity contribution in [3.8, 4) is 0 Å². The molecular formula is C2H8GeO. The van der Waals surface area contributed by atoms with Crippen molar-refractivity contribution in [2.75, 3.05) is 6.61 Å². The first-order valence-electron chi connectivity index (χ1n) is 1.40. The molecule has 0 fully saturated rings. The van der Waals surface area contributed by atoms with E-state index in [1.165, 1.54) is 0 Å². The summed E-state index contributed by atoms with van der Waals surface area (Å²) in [4.78, 5) is 0. The van der Waals surface area contributed by atoms with Gasteiger partial charge in [0.05, 0.1) is 0 Å². The van der Waals surface area contributed by atoms with E-state index in [1.54, 1.807) is 0 Å². The summed E-state index contributed by atoms with van der Waals surface area (Å²) < 4.78 is 4.73. The molecule has 0 heterocycles. The molecule has 0 N–H and O–H groups in total. The van der Waals surface area contributed by atoms with E-state index in [9.17, 15) is 0 Å². The minimum atomic E-state index is 0.613. The molecule has 0 rings (SSSR count). The monoisotopic (exact) mass is 122 g/mol. The Labute approximate surface area is 34.9 Å². The first-order chi connectivity index (χ1) is 1.91. The van der Waals surface area contributed by atoms with Crippen LogP contribution in [-0.2, 0) is 3.76 Å². The predicted molar refractivity (Wildman–Crippen MR) is 21.6 cm³/mol. The van der Waals surface area contributed by atoms with Crippen molar-refractivity contribution in [3.05, 3.63) is 0 Å². The Bertz CT molecular complexity index is 8.00. The van der Waals surface area contributed by atoms with Crippen LogP contribution in [0.3, 0.4) is 0 Å². The fourth-order valence-electron chi connectivity index (χ4n) is 0. The number of rotatable bonds is 1. The van der Waals surface area contributed by atoms with E-state index in [1.807, 2.05) is 6.92 Å². The van der Waals surface area contributed by atoms with E-state index in [2.05, 4.69) is 0 Å². The molecular weight excluding hydrogens is 113 g/mol. The van der Waals surface area contributed by atoms with Crippen LogP contribution in [0, 0.1) is 0 Å². The van der Waals surface area contributed by atoms with Crippen LogP contribution in [0.15, 0.2) is 0 Å². The Balaban J connectivity index is 1.97. The van der Waals surface area contributed by atoms with Gasteiger partial charge in [0.15, 0.2) is 0 Å². The molecule has 26 valence electrons. The van der Waals surface area contributed by atoms with Crippen LogP contribution in [-0.4, -0.2) is 23.5 Å². The maximum atomic E-state index is 4.73. The van der Waals surface area contributed by atoms with Crippen molar-refractivity contribution in [1.82, 2.24) is 0 Å². The molecule has 4 heavy (non-hydrogen) atoms. The van der Waals surface area contributed by atoms with E-state index >= 15 is 0 Å². The van der Waals surface area contributed by atoms with Crippen LogP contribution in [0.4, 0.5) is 0 Å². The topological polar surface area (TPSA) is 9.23 Å². The van der Waals surface area contributed by atoms with Crippen LogP contribution in [0.5, 0.6) is 0 Å². The van der Waals surface area contributed by atoms with E-state index in [-0.39, 0.29) is 0 Å². The molecule has 0 aromatic heterocycles. The SMILES string of the molecule is CC[O][GeH3]. The van der Waals surface area contributed by atoms with Gasteiger partial charge in [-0.2, -0.15) is 0 Å². The van der Waals surface area contributed by atoms with E-state index in [0.29, 0.717) is 16.9 Å². The number of hydrogen-bond acceptors (Lipinski definition) is 1. The van der Waals surface area contributed by atoms with Gasteiger partial charge in [-0.05, 0) is 0 Å². The van der Waals surface area contributed by atoms with Crippen molar-refractivity contribution in [1.29, 1.82) is 0 Å². The Morgan fingerprint density at radius 1 is 2.00 bits per heavy atom. The van der Waals surface area contributed by atoms with Gasteiger partial charge in [-0.15, -0.1) is 0 Å². The second-order valence-electron chi connectivity index (χ2n) is 0.577. The normalized spacial score (nSPS) is 8.25. The zero-order valence-corrected chi connectivity index (χ0v) is 7.31. The number of hydrogen-bond donors (Lipinski definition) is 0. The van der Waals surface area contributed by atoms with Gasteiger partial charge in [-0.1, -0.05) is 0 Å². The van der Waals surface area contributed by atoms with Crippen LogP contribution in [0.2, 0.25) is 0 Å². The average Bonchev–Trinajstić information content (AvgIpc) is 1.37. The fourth-order valence-corrected chi connectivity index (χ4v) is 0. The van der Waals surface area contributed by atoms with Gasteiger partial charge in [0.2, 0.25) is 0 Å². The van der Waals surface area contributed by atoms with Gasteiger partial charge in [0.25, 0.3) is 0 Å². The zero-order chi connectivity index (χ0) is 3.41. The van der Waals surface area contributed by atoms with E-state index < -0.39 is 0 Å². The maximum absolute atomic E-state index is 4.73. The van der Waals surface area contributed by atoms with Crippen LogP contribution in [0.25, 0.3) is 0 Å². The molecule has 0 aromatic carbocycles. The summed E-state index contributed by atoms with van der Waals surface area (Å²) in [6, 6.07) is 0. The van der Waals surface area contributed by atoms with E-state index in [0.717, 1.165) is 6.61 Å². The summed E-state index contributed by atoms with van der Waals surface area (Å²) in [5.41, 5.74) is 0. The molecule has 0 aliphatic heterocycles. The van der Waals surface area contributed by atoms with Gasteiger partial charge in [-0.3, -0.25) is 0 Å². The fraction of sp³-hybridized carbons (Fsp3) is 1.00. The molecule has 0 aliphatic carbocycles. The minimum absolute atomic E-state index is 0.613. The molecule has 0 spiro atoms. The molecule has 0 amide bonds. The molecule has 0 radical (unpaired) electrons. The first-order valence-corrected chi connectivity index (χ1v) is 3.12. The van der Waals surface area contributed by atoms with Crippen molar-refractivity contribution in [2.45, 2.75) is 6.92 Å². The van der Waals surface area contributed by atoms with Crippen molar-refractivity contribution >= 4 is 16.9 Å². The van der Waals surface area contributed by atoms with Gasteiger partial charge < -0.3 is 0 Å². The molecule has 0 aromatic rings. The van der Waals surface area contributed by atoms with Gasteiger partial charge in [-0.25, -0.2) is 0 Å². The summed E-state index contributed by atoms with van der Waals surface area (Å²) in [6.45, 7) is 2.91. The first kappa shape index (κ1) is 4.50. The Morgan fingerprint density at radius 3 is 2.25 bits per heavy atom. The summed E-state index contributed by atoms with van der Waals surface area (Å²) in [6.07, 6.45) is 0. The third kappa shape index (κ3) is 2.50. The van der Waals surface area contributed by atoms with Crippen LogP contribution >= 0.6 is 0 Å². The van der Waals surface area contributed by atoms with E-state index in [4.69, 9.17) is 3.76 Å². The molecule has 0 saturated heterocycles. The third-order valence-corrected chi connectivity index (χ3v) is 1.50. The standard InChI is InChI=1S/C2H8GeO/c1-2-4-3/h2H2,1,3H3. The zero-order valence-electron chi connectivity index (χ0n) is 3.12. The molecule has 0 unspecified atom stereocenters. The second kappa shape index (κ2) is 3.50. The van der Waals surface area contributed by atoms with Crippen LogP contribution in [0.1, 0.15) is 6.92 Å². The Hall–Kier alpha value is 0.503. The molecule has 0 saturated carbocycles. The van der Waals surface area contributed by atoms with Crippen molar-refractivity contribution < 1.29 is 3.76 Å². The van der Waals surface area contributed by atoms with Crippen molar-refractivity contribution in [3.63, 3.8) is 0 Å². The Kier molecular flexibility index (Phi) is 3.94. The molecule has 0 atom stereocenters. The quantitative estimate of drug-likeness (QED) is 0.416.